The molecule has 1 aromatic rings. The molecule has 1 aliphatic rings. The Bertz CT molecular complexity index is 708. The fraction of sp³-hybridized carbons (Fsp3) is 0.611. The van der Waals surface area contributed by atoms with Crippen LogP contribution in [-0.2, 0) is 14.8 Å². The van der Waals surface area contributed by atoms with Crippen LogP contribution in [-0.4, -0.2) is 50.9 Å². The largest absolute Gasteiger partial charge is 0.353 e. The molecule has 0 saturated carbocycles. The zero-order chi connectivity index (χ0) is 18.6. The van der Waals surface area contributed by atoms with Gasteiger partial charge in [0.05, 0.1) is 4.90 Å². The zero-order valence-electron chi connectivity index (χ0n) is 15.6. The molecule has 1 atom stereocenters. The smallest absolute Gasteiger partial charge is 0.244 e. The van der Waals surface area contributed by atoms with Crippen molar-refractivity contribution in [2.75, 3.05) is 26.2 Å². The second-order valence-corrected chi connectivity index (χ2v) is 8.47. The predicted octanol–water partition coefficient (Wildman–Crippen LogP) is 1.49. The molecule has 1 aliphatic heterocycles. The number of nitrogens with zero attached hydrogens (tertiary/aromatic N) is 1. The maximum atomic E-state index is 13.2. The van der Waals surface area contributed by atoms with Crippen molar-refractivity contribution in [2.45, 2.75) is 51.5 Å². The van der Waals surface area contributed by atoms with Crippen molar-refractivity contribution in [3.63, 3.8) is 0 Å². The van der Waals surface area contributed by atoms with Gasteiger partial charge in [-0.15, -0.1) is 0 Å². The van der Waals surface area contributed by atoms with E-state index in [1.165, 1.54) is 4.31 Å². The van der Waals surface area contributed by atoms with Gasteiger partial charge in [0.2, 0.25) is 15.9 Å². The number of hydrogen-bond donors (Lipinski definition) is 2. The topological polar surface area (TPSA) is 78.5 Å². The molecule has 1 unspecified atom stereocenters. The summed E-state index contributed by atoms with van der Waals surface area (Å²) in [6, 6.07) is 3.13. The molecule has 0 aliphatic carbocycles. The number of hydrogen-bond acceptors (Lipinski definition) is 4. The van der Waals surface area contributed by atoms with E-state index in [0.29, 0.717) is 37.4 Å². The molecular formula is C18H29N3O3S. The van der Waals surface area contributed by atoms with Crippen LogP contribution >= 0.6 is 0 Å². The lowest BCUT2D eigenvalue weighted by Gasteiger charge is -2.25. The fourth-order valence-electron chi connectivity index (χ4n) is 3.55. The molecule has 0 spiro atoms. The van der Waals surface area contributed by atoms with E-state index < -0.39 is 16.1 Å². The van der Waals surface area contributed by atoms with E-state index in [4.69, 9.17) is 0 Å². The van der Waals surface area contributed by atoms with Crippen molar-refractivity contribution in [2.24, 2.45) is 0 Å². The fourth-order valence-corrected chi connectivity index (χ4v) is 5.62. The van der Waals surface area contributed by atoms with Gasteiger partial charge in [-0.05, 0) is 51.3 Å². The van der Waals surface area contributed by atoms with Crippen molar-refractivity contribution in [3.05, 3.63) is 28.8 Å². The summed E-state index contributed by atoms with van der Waals surface area (Å²) >= 11 is 0. The Morgan fingerprint density at radius 2 is 1.84 bits per heavy atom. The third kappa shape index (κ3) is 4.40. The van der Waals surface area contributed by atoms with Crippen molar-refractivity contribution in [1.82, 2.24) is 14.9 Å². The second-order valence-electron chi connectivity index (χ2n) is 6.65. The van der Waals surface area contributed by atoms with Crippen molar-refractivity contribution in [3.8, 4) is 0 Å². The molecule has 2 rings (SSSR count). The zero-order valence-corrected chi connectivity index (χ0v) is 16.4. The number of carbonyl (C=O) groups excluding carboxylic acids is 1. The summed E-state index contributed by atoms with van der Waals surface area (Å²) in [5.74, 6) is -0.207. The average molecular weight is 368 g/mol. The minimum absolute atomic E-state index is 0.207. The highest BCUT2D eigenvalue weighted by atomic mass is 32.2. The molecule has 7 heteroatoms. The molecule has 1 heterocycles. The van der Waals surface area contributed by atoms with Gasteiger partial charge in [-0.3, -0.25) is 4.79 Å². The van der Waals surface area contributed by atoms with Gasteiger partial charge in [0.1, 0.15) is 6.04 Å². The quantitative estimate of drug-likeness (QED) is 0.716. The molecule has 1 aromatic carbocycles. The minimum Gasteiger partial charge on any atom is -0.353 e. The first-order valence-electron chi connectivity index (χ1n) is 8.87. The van der Waals surface area contributed by atoms with E-state index in [2.05, 4.69) is 10.6 Å². The van der Waals surface area contributed by atoms with Gasteiger partial charge in [-0.25, -0.2) is 8.42 Å². The first-order valence-corrected chi connectivity index (χ1v) is 10.3. The Morgan fingerprint density at radius 1 is 1.20 bits per heavy atom. The van der Waals surface area contributed by atoms with Gasteiger partial charge in [0.15, 0.2) is 0 Å². The van der Waals surface area contributed by atoms with Gasteiger partial charge in [0, 0.05) is 19.6 Å². The average Bonchev–Trinajstić information content (AvgIpc) is 3.00. The van der Waals surface area contributed by atoms with Gasteiger partial charge >= 0.3 is 0 Å². The lowest BCUT2D eigenvalue weighted by molar-refractivity contribution is -0.124. The minimum atomic E-state index is -3.69. The SMILES string of the molecule is CCNCCNC(=O)C1CCCN1S(=O)(=O)c1c(C)cc(C)cc1C. The summed E-state index contributed by atoms with van der Waals surface area (Å²) in [4.78, 5) is 12.8. The molecule has 6 nitrogen and oxygen atoms in total. The third-order valence-corrected chi connectivity index (χ3v) is 6.74. The molecule has 140 valence electrons. The lowest BCUT2D eigenvalue weighted by atomic mass is 10.1. The first kappa shape index (κ1) is 19.9. The summed E-state index contributed by atoms with van der Waals surface area (Å²) < 4.78 is 27.8. The summed E-state index contributed by atoms with van der Waals surface area (Å²) in [5, 5.41) is 5.98. The van der Waals surface area contributed by atoms with Crippen molar-refractivity contribution < 1.29 is 13.2 Å². The normalized spacial score (nSPS) is 18.5. The third-order valence-electron chi connectivity index (χ3n) is 4.53. The molecule has 0 aromatic heterocycles. The summed E-state index contributed by atoms with van der Waals surface area (Å²) in [6.45, 7) is 9.98. The van der Waals surface area contributed by atoms with Crippen LogP contribution in [0.2, 0.25) is 0 Å². The summed E-state index contributed by atoms with van der Waals surface area (Å²) in [6.07, 6.45) is 1.27. The summed E-state index contributed by atoms with van der Waals surface area (Å²) in [7, 11) is -3.69. The highest BCUT2D eigenvalue weighted by Crippen LogP contribution is 2.30. The number of rotatable bonds is 7. The van der Waals surface area contributed by atoms with Crippen LogP contribution in [0.5, 0.6) is 0 Å². The van der Waals surface area contributed by atoms with Crippen LogP contribution in [0.4, 0.5) is 0 Å². The monoisotopic (exact) mass is 367 g/mol. The van der Waals surface area contributed by atoms with E-state index in [9.17, 15) is 13.2 Å². The van der Waals surface area contributed by atoms with E-state index in [1.807, 2.05) is 39.8 Å². The Kier molecular flexibility index (Phi) is 6.59. The Hall–Kier alpha value is -1.44. The van der Waals surface area contributed by atoms with Gasteiger partial charge < -0.3 is 10.6 Å². The Morgan fingerprint density at radius 3 is 2.44 bits per heavy atom. The number of likely N-dealkylation sites (N-methyl/N-ethyl adjacent to an activating group) is 1. The maximum absolute atomic E-state index is 13.2. The van der Waals surface area contributed by atoms with Gasteiger partial charge in [-0.1, -0.05) is 24.6 Å². The number of benzene rings is 1. The van der Waals surface area contributed by atoms with Crippen LogP contribution in [0, 0.1) is 20.8 Å². The highest BCUT2D eigenvalue weighted by Gasteiger charge is 2.40. The van der Waals surface area contributed by atoms with E-state index >= 15 is 0 Å². The van der Waals surface area contributed by atoms with Crippen LogP contribution in [0.25, 0.3) is 0 Å². The van der Waals surface area contributed by atoms with E-state index in [1.54, 1.807) is 0 Å². The van der Waals surface area contributed by atoms with Crippen LogP contribution in [0.3, 0.4) is 0 Å². The van der Waals surface area contributed by atoms with Gasteiger partial charge in [-0.2, -0.15) is 4.31 Å². The molecule has 2 N–H and O–H groups in total. The predicted molar refractivity (Wildman–Crippen MR) is 99.1 cm³/mol. The van der Waals surface area contributed by atoms with Crippen molar-refractivity contribution >= 4 is 15.9 Å². The highest BCUT2D eigenvalue weighted by molar-refractivity contribution is 7.89. The molecule has 0 bridgehead atoms. The van der Waals surface area contributed by atoms with E-state index in [-0.39, 0.29) is 5.91 Å². The molecule has 0 radical (unpaired) electrons. The van der Waals surface area contributed by atoms with Crippen LogP contribution in [0.1, 0.15) is 36.5 Å². The molecule has 1 fully saturated rings. The number of carbonyl (C=O) groups is 1. The van der Waals surface area contributed by atoms with Crippen LogP contribution < -0.4 is 10.6 Å². The molecular weight excluding hydrogens is 338 g/mol. The number of aryl methyl sites for hydroxylation is 3. The van der Waals surface area contributed by atoms with Gasteiger partial charge in [0.25, 0.3) is 0 Å². The maximum Gasteiger partial charge on any atom is 0.244 e. The second kappa shape index (κ2) is 8.29. The number of sulfonamides is 1. The van der Waals surface area contributed by atoms with Crippen molar-refractivity contribution in [1.29, 1.82) is 0 Å². The lowest BCUT2D eigenvalue weighted by Crippen LogP contribution is -2.47. The Balaban J connectivity index is 2.22. The molecule has 1 amide bonds. The Labute approximate surface area is 151 Å². The molecule has 1 saturated heterocycles. The first-order chi connectivity index (χ1) is 11.8. The summed E-state index contributed by atoms with van der Waals surface area (Å²) in [5.41, 5.74) is 2.50. The standard InChI is InChI=1S/C18H29N3O3S/c1-5-19-8-9-20-18(22)16-7-6-10-21(16)25(23,24)17-14(3)11-13(2)12-15(17)4/h11-12,16,19H,5-10H2,1-4H3,(H,20,22). The molecule has 25 heavy (non-hydrogen) atoms. The van der Waals surface area contributed by atoms with E-state index in [0.717, 1.165) is 23.2 Å². The number of amides is 1. The number of nitrogens with one attached hydrogen (secondary N) is 2. The van der Waals surface area contributed by atoms with Crippen LogP contribution in [0.15, 0.2) is 17.0 Å².